The number of anilines is 1. The van der Waals surface area contributed by atoms with Gasteiger partial charge in [0.2, 0.25) is 0 Å². The Bertz CT molecular complexity index is 1390. The van der Waals surface area contributed by atoms with Crippen molar-refractivity contribution in [3.8, 4) is 11.1 Å². The Morgan fingerprint density at radius 2 is 1.83 bits per heavy atom. The Kier molecular flexibility index (Phi) is 8.03. The van der Waals surface area contributed by atoms with Gasteiger partial charge in [0.1, 0.15) is 11.9 Å². The number of aromatic nitrogens is 3. The van der Waals surface area contributed by atoms with Gasteiger partial charge < -0.3 is 9.64 Å². The summed E-state index contributed by atoms with van der Waals surface area (Å²) in [4.78, 5) is 22.2. The van der Waals surface area contributed by atoms with Crippen molar-refractivity contribution in [3.63, 3.8) is 0 Å². The van der Waals surface area contributed by atoms with Crippen LogP contribution >= 0.6 is 0 Å². The van der Waals surface area contributed by atoms with Crippen molar-refractivity contribution in [1.82, 2.24) is 20.1 Å². The average molecular weight is 570 g/mol. The van der Waals surface area contributed by atoms with Crippen LogP contribution in [-0.2, 0) is 17.5 Å². The molecule has 5 rings (SSSR count). The molecule has 0 bridgehead atoms. The Labute approximate surface area is 239 Å². The second-order valence-electron chi connectivity index (χ2n) is 11.4. The zero-order chi connectivity index (χ0) is 29.5. The van der Waals surface area contributed by atoms with E-state index in [1.54, 1.807) is 17.9 Å². The molecule has 2 fully saturated rings. The molecule has 2 aromatic heterocycles. The zero-order valence-electron chi connectivity index (χ0n) is 24.3. The highest BCUT2D eigenvalue weighted by Crippen LogP contribution is 2.39. The van der Waals surface area contributed by atoms with Crippen molar-refractivity contribution in [1.29, 1.82) is 0 Å². The van der Waals surface area contributed by atoms with E-state index in [2.05, 4.69) is 28.1 Å². The molecule has 1 aliphatic carbocycles. The van der Waals surface area contributed by atoms with Crippen molar-refractivity contribution in [2.75, 3.05) is 11.4 Å². The van der Waals surface area contributed by atoms with Crippen LogP contribution in [0.4, 0.5) is 23.8 Å². The number of hydrogen-bond acceptors (Lipinski definition) is 5. The van der Waals surface area contributed by atoms with Crippen LogP contribution in [0.2, 0.25) is 0 Å². The maximum Gasteiger partial charge on any atom is 0.416 e. The molecule has 0 spiro atoms. The molecular weight excluding hydrogens is 531 g/mol. The van der Waals surface area contributed by atoms with Crippen LogP contribution < -0.4 is 4.90 Å². The molecule has 220 valence electrons. The van der Waals surface area contributed by atoms with Crippen molar-refractivity contribution < 1.29 is 22.7 Å². The molecule has 2 aliphatic rings. The minimum absolute atomic E-state index is 0.226. The number of pyridine rings is 1. The van der Waals surface area contributed by atoms with Gasteiger partial charge in [-0.2, -0.15) is 18.3 Å². The summed E-state index contributed by atoms with van der Waals surface area (Å²) in [5.74, 6) is 0.834. The third kappa shape index (κ3) is 5.78. The van der Waals surface area contributed by atoms with E-state index < -0.39 is 30.0 Å². The zero-order valence-corrected chi connectivity index (χ0v) is 24.3. The molecule has 3 heterocycles. The number of amides is 1. The number of aryl methyl sites for hydroxylation is 3. The smallest absolute Gasteiger partial charge is 0.416 e. The standard InChI is InChI=1S/C31H38F3N5O2/c1-6-38(26-10-8-7-9-11-26)29-24(14-23(16-35-29)27-19(3)36-37-20(27)4)17-39-21(5)28(41-30(39)40)22-12-18(2)13-25(15-22)31(32,33)34/h12-16,21,26,28H,6-11,17H2,1-5H3,(H,36,37)/t21-,28?/m0/s1. The summed E-state index contributed by atoms with van der Waals surface area (Å²) < 4.78 is 46.4. The number of benzene rings is 1. The minimum Gasteiger partial charge on any atom is -0.439 e. The van der Waals surface area contributed by atoms with Crippen molar-refractivity contribution in [2.24, 2.45) is 0 Å². The van der Waals surface area contributed by atoms with Gasteiger partial charge in [-0.3, -0.25) is 10.00 Å². The lowest BCUT2D eigenvalue weighted by molar-refractivity contribution is -0.137. The number of halogens is 3. The van der Waals surface area contributed by atoms with Crippen molar-refractivity contribution in [2.45, 2.75) is 97.6 Å². The molecule has 10 heteroatoms. The van der Waals surface area contributed by atoms with E-state index in [0.29, 0.717) is 17.2 Å². The van der Waals surface area contributed by atoms with Gasteiger partial charge >= 0.3 is 12.3 Å². The van der Waals surface area contributed by atoms with Gasteiger partial charge in [0, 0.05) is 41.2 Å². The number of cyclic esters (lactones) is 1. The average Bonchev–Trinajstić information content (AvgIpc) is 3.42. The van der Waals surface area contributed by atoms with Crippen LogP contribution in [-0.4, -0.2) is 44.8 Å². The van der Waals surface area contributed by atoms with E-state index >= 15 is 0 Å². The fraction of sp³-hybridized carbons (Fsp3) is 0.516. The Morgan fingerprint density at radius 1 is 1.10 bits per heavy atom. The van der Waals surface area contributed by atoms with E-state index in [1.165, 1.54) is 19.3 Å². The highest BCUT2D eigenvalue weighted by molar-refractivity contribution is 5.73. The maximum absolute atomic E-state index is 13.6. The SMILES string of the molecule is CCN(c1ncc(-c2c(C)n[nH]c2C)cc1CN1C(=O)OC(c2cc(C)cc(C(F)(F)F)c2)[C@@H]1C)C1CCCCC1. The molecule has 1 unspecified atom stereocenters. The number of hydrogen-bond donors (Lipinski definition) is 1. The molecule has 41 heavy (non-hydrogen) atoms. The highest BCUT2D eigenvalue weighted by Gasteiger charge is 2.41. The fourth-order valence-electron chi connectivity index (χ4n) is 6.45. The number of alkyl halides is 3. The molecule has 1 amide bonds. The van der Waals surface area contributed by atoms with Crippen LogP contribution in [0.1, 0.15) is 85.7 Å². The van der Waals surface area contributed by atoms with Crippen molar-refractivity contribution in [3.05, 3.63) is 64.1 Å². The quantitative estimate of drug-likeness (QED) is 0.316. The third-order valence-electron chi connectivity index (χ3n) is 8.48. The Balaban J connectivity index is 1.52. The second kappa shape index (κ2) is 11.4. The van der Waals surface area contributed by atoms with Crippen LogP contribution in [0, 0.1) is 20.8 Å². The van der Waals surface area contributed by atoms with Gasteiger partial charge in [-0.1, -0.05) is 30.9 Å². The molecule has 3 aromatic rings. The molecule has 2 atom stereocenters. The summed E-state index contributed by atoms with van der Waals surface area (Å²) in [6.45, 7) is 10.5. The second-order valence-corrected chi connectivity index (χ2v) is 11.4. The van der Waals surface area contributed by atoms with Gasteiger partial charge in [0.25, 0.3) is 0 Å². The molecular formula is C31H38F3N5O2. The van der Waals surface area contributed by atoms with Gasteiger partial charge in [-0.15, -0.1) is 0 Å². The summed E-state index contributed by atoms with van der Waals surface area (Å²) in [5.41, 5.74) is 4.60. The minimum atomic E-state index is -4.49. The van der Waals surface area contributed by atoms with Gasteiger partial charge in [-0.05, 0) is 71.2 Å². The number of nitrogens with one attached hydrogen (secondary N) is 1. The van der Waals surface area contributed by atoms with Crippen LogP contribution in [0.3, 0.4) is 0 Å². The predicted octanol–water partition coefficient (Wildman–Crippen LogP) is 7.66. The van der Waals surface area contributed by atoms with Crippen LogP contribution in [0.25, 0.3) is 11.1 Å². The molecule has 1 aromatic carbocycles. The largest absolute Gasteiger partial charge is 0.439 e. The number of ether oxygens (including phenoxy) is 1. The molecule has 1 saturated carbocycles. The molecule has 1 aliphatic heterocycles. The van der Waals surface area contributed by atoms with E-state index in [9.17, 15) is 18.0 Å². The first-order valence-electron chi connectivity index (χ1n) is 14.4. The van der Waals surface area contributed by atoms with E-state index in [1.807, 2.05) is 27.0 Å². The normalized spacial score (nSPS) is 20.0. The summed E-state index contributed by atoms with van der Waals surface area (Å²) >= 11 is 0. The van der Waals surface area contributed by atoms with Crippen LogP contribution in [0.15, 0.2) is 30.5 Å². The summed E-state index contributed by atoms with van der Waals surface area (Å²) in [6.07, 6.45) is 1.79. The van der Waals surface area contributed by atoms with Crippen LogP contribution in [0.5, 0.6) is 0 Å². The third-order valence-corrected chi connectivity index (χ3v) is 8.48. The van der Waals surface area contributed by atoms with E-state index in [-0.39, 0.29) is 6.54 Å². The Hall–Kier alpha value is -3.56. The molecule has 0 radical (unpaired) electrons. The topological polar surface area (TPSA) is 74.4 Å². The first-order valence-corrected chi connectivity index (χ1v) is 14.4. The monoisotopic (exact) mass is 569 g/mol. The van der Waals surface area contributed by atoms with Gasteiger partial charge in [0.15, 0.2) is 0 Å². The maximum atomic E-state index is 13.6. The van der Waals surface area contributed by atoms with E-state index in [4.69, 9.17) is 9.72 Å². The summed E-state index contributed by atoms with van der Waals surface area (Å²) in [7, 11) is 0. The first-order chi connectivity index (χ1) is 19.5. The lowest BCUT2D eigenvalue weighted by Gasteiger charge is -2.36. The molecule has 7 nitrogen and oxygen atoms in total. The number of H-pyrrole nitrogens is 1. The predicted molar refractivity (Wildman–Crippen MR) is 152 cm³/mol. The number of carbonyl (C=O) groups is 1. The molecule has 1 N–H and O–H groups in total. The lowest BCUT2D eigenvalue weighted by atomic mass is 9.93. The van der Waals surface area contributed by atoms with Gasteiger partial charge in [0.05, 0.1) is 23.8 Å². The lowest BCUT2D eigenvalue weighted by Crippen LogP contribution is -2.39. The van der Waals surface area contributed by atoms with Crippen molar-refractivity contribution >= 4 is 11.9 Å². The number of carbonyl (C=O) groups excluding carboxylic acids is 1. The Morgan fingerprint density at radius 3 is 2.46 bits per heavy atom. The summed E-state index contributed by atoms with van der Waals surface area (Å²) in [6, 6.07) is 5.81. The number of aromatic amines is 1. The fourth-order valence-corrected chi connectivity index (χ4v) is 6.45. The summed E-state index contributed by atoms with van der Waals surface area (Å²) in [5, 5.41) is 7.38. The number of nitrogens with zero attached hydrogens (tertiary/aromatic N) is 4. The van der Waals surface area contributed by atoms with Gasteiger partial charge in [-0.25, -0.2) is 9.78 Å². The van der Waals surface area contributed by atoms with E-state index in [0.717, 1.165) is 65.4 Å². The highest BCUT2D eigenvalue weighted by atomic mass is 19.4. The molecule has 1 saturated heterocycles. The first kappa shape index (κ1) is 29.0. The number of rotatable bonds is 7.